The van der Waals surface area contributed by atoms with Gasteiger partial charge in [0, 0.05) is 38.8 Å². The van der Waals surface area contributed by atoms with Gasteiger partial charge in [0.1, 0.15) is 5.69 Å². The van der Waals surface area contributed by atoms with E-state index in [1.165, 1.54) is 11.8 Å². The second-order valence-electron chi connectivity index (χ2n) is 7.39. The predicted octanol–water partition coefficient (Wildman–Crippen LogP) is 1.12. The molecule has 3 rings (SSSR count). The highest BCUT2D eigenvalue weighted by molar-refractivity contribution is 5.85. The van der Waals surface area contributed by atoms with Crippen LogP contribution < -0.4 is 4.90 Å². The van der Waals surface area contributed by atoms with E-state index in [0.29, 0.717) is 5.95 Å². The molecule has 0 bridgehead atoms. The molecule has 1 fully saturated rings. The Morgan fingerprint density at radius 2 is 1.85 bits per heavy atom. The Bertz CT molecular complexity index is 838. The van der Waals surface area contributed by atoms with Gasteiger partial charge in [0.25, 0.3) is 5.82 Å². The number of carbonyl (C=O) groups excluding carboxylic acids is 1. The number of anilines is 1. The van der Waals surface area contributed by atoms with Gasteiger partial charge < -0.3 is 9.64 Å². The maximum Gasteiger partial charge on any atom is 0.377 e. The molecule has 1 saturated heterocycles. The summed E-state index contributed by atoms with van der Waals surface area (Å²) in [6, 6.07) is 0. The summed E-state index contributed by atoms with van der Waals surface area (Å²) < 4.78 is 20.3. The van der Waals surface area contributed by atoms with Crippen LogP contribution in [0.2, 0.25) is 0 Å². The van der Waals surface area contributed by atoms with Gasteiger partial charge in [-0.1, -0.05) is 0 Å². The molecule has 0 atom stereocenters. The number of hydrogen-bond donors (Lipinski definition) is 0. The Balaban J connectivity index is 1.86. The second kappa shape index (κ2) is 7.18. The third kappa shape index (κ3) is 3.90. The topological polar surface area (TPSA) is 89.3 Å². The van der Waals surface area contributed by atoms with Crippen molar-refractivity contribution in [2.75, 3.05) is 38.2 Å². The van der Waals surface area contributed by atoms with Crippen LogP contribution in [-0.4, -0.2) is 74.4 Å². The molecule has 2 aromatic rings. The first-order valence-electron chi connectivity index (χ1n) is 8.73. The molecular formula is C17H24FN7O2. The highest BCUT2D eigenvalue weighted by Gasteiger charge is 2.28. The molecule has 27 heavy (non-hydrogen) atoms. The number of ether oxygens (including phenoxy) is 1. The molecule has 0 radical (unpaired) electrons. The van der Waals surface area contributed by atoms with Crippen molar-refractivity contribution < 1.29 is 13.9 Å². The standard InChI is InChI=1S/C17H24FN7O2/c1-17(2,3)25-8-6-24(7-9-25)16-19-10-11(18)12(20-16)14-21-13(15(26)27-5)22-23(14)4/h10H,6-9H2,1-5H3. The van der Waals surface area contributed by atoms with Crippen molar-refractivity contribution in [1.82, 2.24) is 29.6 Å². The minimum atomic E-state index is -0.690. The molecule has 1 aliphatic heterocycles. The normalized spacial score (nSPS) is 15.9. The molecule has 0 spiro atoms. The van der Waals surface area contributed by atoms with Crippen LogP contribution in [0, 0.1) is 5.82 Å². The van der Waals surface area contributed by atoms with Crippen LogP contribution in [0.5, 0.6) is 0 Å². The summed E-state index contributed by atoms with van der Waals surface area (Å²) in [5.74, 6) is -0.885. The first-order chi connectivity index (χ1) is 12.7. The number of esters is 1. The average molecular weight is 377 g/mol. The lowest BCUT2D eigenvalue weighted by Crippen LogP contribution is -2.53. The molecule has 1 aliphatic rings. The van der Waals surface area contributed by atoms with E-state index < -0.39 is 11.8 Å². The monoisotopic (exact) mass is 377 g/mol. The van der Waals surface area contributed by atoms with E-state index in [2.05, 4.69) is 50.5 Å². The number of piperazine rings is 1. The molecule has 10 heteroatoms. The van der Waals surface area contributed by atoms with E-state index in [1.807, 2.05) is 4.90 Å². The van der Waals surface area contributed by atoms with Gasteiger partial charge in [-0.15, -0.1) is 5.10 Å². The van der Waals surface area contributed by atoms with Crippen LogP contribution in [0.3, 0.4) is 0 Å². The number of rotatable bonds is 3. The fraction of sp³-hybridized carbons (Fsp3) is 0.588. The average Bonchev–Trinajstić information content (AvgIpc) is 3.02. The maximum absolute atomic E-state index is 14.4. The first-order valence-corrected chi connectivity index (χ1v) is 8.73. The molecule has 3 heterocycles. The smallest absolute Gasteiger partial charge is 0.377 e. The van der Waals surface area contributed by atoms with Crippen molar-refractivity contribution in [1.29, 1.82) is 0 Å². The number of halogens is 1. The van der Waals surface area contributed by atoms with Crippen molar-refractivity contribution in [2.24, 2.45) is 7.05 Å². The number of methoxy groups -OCH3 is 1. The van der Waals surface area contributed by atoms with Gasteiger partial charge in [0.05, 0.1) is 13.3 Å². The zero-order valence-electron chi connectivity index (χ0n) is 16.2. The fourth-order valence-corrected chi connectivity index (χ4v) is 3.01. The van der Waals surface area contributed by atoms with E-state index >= 15 is 0 Å². The Labute approximate surface area is 157 Å². The highest BCUT2D eigenvalue weighted by Crippen LogP contribution is 2.23. The Hall–Kier alpha value is -2.62. The quantitative estimate of drug-likeness (QED) is 0.735. The van der Waals surface area contributed by atoms with Crippen molar-refractivity contribution in [3.8, 4) is 11.5 Å². The van der Waals surface area contributed by atoms with Crippen molar-refractivity contribution in [3.63, 3.8) is 0 Å². The van der Waals surface area contributed by atoms with Gasteiger partial charge >= 0.3 is 5.97 Å². The second-order valence-corrected chi connectivity index (χ2v) is 7.39. The molecular weight excluding hydrogens is 353 g/mol. The number of nitrogens with zero attached hydrogens (tertiary/aromatic N) is 7. The molecule has 0 aromatic carbocycles. The fourth-order valence-electron chi connectivity index (χ4n) is 3.01. The molecule has 0 unspecified atom stereocenters. The lowest BCUT2D eigenvalue weighted by Gasteiger charge is -2.42. The van der Waals surface area contributed by atoms with Gasteiger partial charge in [0.2, 0.25) is 5.95 Å². The molecule has 0 amide bonds. The van der Waals surface area contributed by atoms with E-state index in [1.54, 1.807) is 7.05 Å². The van der Waals surface area contributed by atoms with Crippen molar-refractivity contribution in [2.45, 2.75) is 26.3 Å². The van der Waals surface area contributed by atoms with Crippen LogP contribution in [0.25, 0.3) is 11.5 Å². The molecule has 9 nitrogen and oxygen atoms in total. The molecule has 0 aliphatic carbocycles. The highest BCUT2D eigenvalue weighted by atomic mass is 19.1. The number of aromatic nitrogens is 5. The Morgan fingerprint density at radius 1 is 1.19 bits per heavy atom. The third-order valence-corrected chi connectivity index (χ3v) is 4.59. The third-order valence-electron chi connectivity index (χ3n) is 4.59. The molecule has 146 valence electrons. The van der Waals surface area contributed by atoms with Crippen molar-refractivity contribution >= 4 is 11.9 Å². The number of hydrogen-bond acceptors (Lipinski definition) is 8. The number of aryl methyl sites for hydroxylation is 1. The van der Waals surface area contributed by atoms with Gasteiger partial charge in [-0.25, -0.2) is 23.8 Å². The Morgan fingerprint density at radius 3 is 2.44 bits per heavy atom. The van der Waals surface area contributed by atoms with Crippen LogP contribution in [0.4, 0.5) is 10.3 Å². The maximum atomic E-state index is 14.4. The minimum Gasteiger partial charge on any atom is -0.463 e. The summed E-state index contributed by atoms with van der Waals surface area (Å²) >= 11 is 0. The van der Waals surface area contributed by atoms with Crippen LogP contribution in [-0.2, 0) is 11.8 Å². The van der Waals surface area contributed by atoms with Gasteiger partial charge in [-0.05, 0) is 20.8 Å². The first kappa shape index (κ1) is 19.2. The summed E-state index contributed by atoms with van der Waals surface area (Å²) in [4.78, 5) is 28.6. The van der Waals surface area contributed by atoms with Crippen LogP contribution in [0.1, 0.15) is 31.4 Å². The molecule has 0 saturated carbocycles. The van der Waals surface area contributed by atoms with Crippen molar-refractivity contribution in [3.05, 3.63) is 17.8 Å². The predicted molar refractivity (Wildman–Crippen MR) is 96.9 cm³/mol. The SMILES string of the molecule is COC(=O)c1nc(-c2nc(N3CCN(C(C)(C)C)CC3)ncc2F)n(C)n1. The zero-order valence-corrected chi connectivity index (χ0v) is 16.2. The van der Waals surface area contributed by atoms with Gasteiger partial charge in [-0.2, -0.15) is 4.98 Å². The minimum absolute atomic E-state index is 0.00315. The zero-order chi connectivity index (χ0) is 19.8. The largest absolute Gasteiger partial charge is 0.463 e. The van der Waals surface area contributed by atoms with Gasteiger partial charge in [-0.3, -0.25) is 4.90 Å². The lowest BCUT2D eigenvalue weighted by atomic mass is 10.1. The van der Waals surface area contributed by atoms with E-state index in [9.17, 15) is 9.18 Å². The summed E-state index contributed by atoms with van der Waals surface area (Å²) in [7, 11) is 2.80. The number of carbonyl (C=O) groups is 1. The summed E-state index contributed by atoms with van der Waals surface area (Å²) in [6.45, 7) is 9.78. The van der Waals surface area contributed by atoms with Crippen LogP contribution in [0.15, 0.2) is 6.20 Å². The summed E-state index contributed by atoms with van der Waals surface area (Å²) in [5.41, 5.74) is 0.104. The van der Waals surface area contributed by atoms with E-state index in [-0.39, 0.29) is 22.9 Å². The van der Waals surface area contributed by atoms with Gasteiger partial charge in [0.15, 0.2) is 11.6 Å². The van der Waals surface area contributed by atoms with E-state index in [0.717, 1.165) is 32.4 Å². The molecule has 2 aromatic heterocycles. The summed E-state index contributed by atoms with van der Waals surface area (Å²) in [5, 5.41) is 3.96. The Kier molecular flexibility index (Phi) is 5.09. The molecule has 0 N–H and O–H groups in total. The summed E-state index contributed by atoms with van der Waals surface area (Å²) in [6.07, 6.45) is 1.13. The lowest BCUT2D eigenvalue weighted by molar-refractivity contribution is 0.0586. The van der Waals surface area contributed by atoms with Crippen LogP contribution >= 0.6 is 0 Å². The van der Waals surface area contributed by atoms with E-state index in [4.69, 9.17) is 0 Å².